The fourth-order valence-electron chi connectivity index (χ4n) is 6.27. The number of benzene rings is 3. The van der Waals surface area contributed by atoms with E-state index in [2.05, 4.69) is 0 Å². The molecule has 0 aliphatic rings. The van der Waals surface area contributed by atoms with Crippen molar-refractivity contribution in [3.8, 4) is 0 Å². The maximum atomic E-state index is 17.2. The first-order valence-corrected chi connectivity index (χ1v) is 14.7. The third kappa shape index (κ3) is 4.60. The van der Waals surface area contributed by atoms with Gasteiger partial charge >= 0.3 is 0 Å². The van der Waals surface area contributed by atoms with Gasteiger partial charge in [0.15, 0.2) is 40.2 Å². The predicted octanol–water partition coefficient (Wildman–Crippen LogP) is 7.44. The van der Waals surface area contributed by atoms with E-state index in [-0.39, 0.29) is 0 Å². The Morgan fingerprint density at radius 1 is 0.341 bits per heavy atom. The van der Waals surface area contributed by atoms with Gasteiger partial charge in [0.25, 0.3) is 6.42 Å². The molecule has 0 fully saturated rings. The van der Waals surface area contributed by atoms with E-state index in [1.165, 1.54) is 41.5 Å². The maximum Gasteiger partial charge on any atom is 0.251 e. The Hall–Kier alpha value is -2.90. The van der Waals surface area contributed by atoms with Crippen LogP contribution in [0.4, 0.5) is 65.8 Å². The van der Waals surface area contributed by atoms with Crippen LogP contribution in [0, 0.1) is 81.4 Å². The molecule has 0 spiro atoms. The summed E-state index contributed by atoms with van der Waals surface area (Å²) in [5.41, 5.74) is -11.7. The summed E-state index contributed by atoms with van der Waals surface area (Å²) in [5, 5.41) is -1.32. The molecule has 0 N–H and O–H groups in total. The molecular formula is C27H21BF15P. The second-order valence-electron chi connectivity index (χ2n) is 10.9. The zero-order valence-corrected chi connectivity index (χ0v) is 24.3. The third-order valence-electron chi connectivity index (χ3n) is 7.91. The Labute approximate surface area is 241 Å². The van der Waals surface area contributed by atoms with Crippen molar-refractivity contribution >= 4 is 35.4 Å². The number of halogens is 15. The number of rotatable bonds is 7. The fraction of sp³-hybridized carbons (Fsp3) is 0.333. The van der Waals surface area contributed by atoms with Crippen molar-refractivity contribution in [2.24, 2.45) is 0 Å². The van der Waals surface area contributed by atoms with Gasteiger partial charge in [-0.05, 0) is 41.5 Å². The van der Waals surface area contributed by atoms with Crippen LogP contribution in [-0.2, 0) is 0 Å². The lowest BCUT2D eigenvalue weighted by atomic mass is 9.30. The van der Waals surface area contributed by atoms with Crippen molar-refractivity contribution in [2.45, 2.75) is 58.5 Å². The molecule has 3 aromatic carbocycles. The van der Waals surface area contributed by atoms with Crippen molar-refractivity contribution < 1.29 is 65.8 Å². The molecule has 0 saturated heterocycles. The van der Waals surface area contributed by atoms with Gasteiger partial charge < -0.3 is 4.32 Å². The smallest absolute Gasteiger partial charge is 0.251 e. The predicted molar refractivity (Wildman–Crippen MR) is 136 cm³/mol. The lowest BCUT2D eigenvalue weighted by Gasteiger charge is -2.40. The van der Waals surface area contributed by atoms with Crippen molar-refractivity contribution in [3.63, 3.8) is 0 Å². The van der Waals surface area contributed by atoms with Crippen LogP contribution in [0.5, 0.6) is 0 Å². The van der Waals surface area contributed by atoms with Crippen LogP contribution >= 0.6 is 7.26 Å². The van der Waals surface area contributed by atoms with Gasteiger partial charge in [0.2, 0.25) is 11.6 Å². The van der Waals surface area contributed by atoms with Gasteiger partial charge in [0, 0.05) is 0 Å². The molecule has 17 heteroatoms. The first-order chi connectivity index (χ1) is 20.1. The van der Waals surface area contributed by atoms with E-state index >= 15 is 21.9 Å². The minimum absolute atomic E-state index is 0.776. The average Bonchev–Trinajstić information content (AvgIpc) is 2.93. The van der Waals surface area contributed by atoms with Gasteiger partial charge in [-0.15, -0.1) is 0 Å². The zero-order valence-electron chi connectivity index (χ0n) is 23.4. The summed E-state index contributed by atoms with van der Waals surface area (Å²) >= 11 is 0. The van der Waals surface area contributed by atoms with Gasteiger partial charge in [-0.25, -0.2) is 52.7 Å². The molecule has 0 radical (unpaired) electrons. The first-order valence-electron chi connectivity index (χ1n) is 12.7. The number of hydrogen-bond acceptors (Lipinski definition) is 0. The molecule has 44 heavy (non-hydrogen) atoms. The molecule has 242 valence electrons. The van der Waals surface area contributed by atoms with E-state index in [1.54, 1.807) is 0 Å². The summed E-state index contributed by atoms with van der Waals surface area (Å²) in [5.74, 6) is -42.8. The molecule has 0 aliphatic carbocycles. The van der Waals surface area contributed by atoms with Crippen molar-refractivity contribution in [2.75, 3.05) is 0 Å². The molecular weight excluding hydrogens is 651 g/mol. The van der Waals surface area contributed by atoms with Gasteiger partial charge in [-0.1, -0.05) is 16.4 Å². The Morgan fingerprint density at radius 3 is 0.727 bits per heavy atom. The monoisotopic (exact) mass is 672 g/mol. The highest BCUT2D eigenvalue weighted by Gasteiger charge is 2.56. The second kappa shape index (κ2) is 11.8. The van der Waals surface area contributed by atoms with E-state index in [4.69, 9.17) is 0 Å². The van der Waals surface area contributed by atoms with E-state index in [9.17, 15) is 43.9 Å². The molecule has 3 aromatic rings. The van der Waals surface area contributed by atoms with E-state index in [1.807, 2.05) is 0 Å². The summed E-state index contributed by atoms with van der Waals surface area (Å²) in [4.78, 5) is 0. The average molecular weight is 672 g/mol. The summed E-state index contributed by atoms with van der Waals surface area (Å²) in [6.45, 7) is 8.52. The van der Waals surface area contributed by atoms with Crippen LogP contribution in [0.15, 0.2) is 0 Å². The minimum Gasteiger partial charge on any atom is -0.498 e. The third-order valence-corrected chi connectivity index (χ3v) is 14.2. The lowest BCUT2D eigenvalue weighted by Crippen LogP contribution is -2.70. The Morgan fingerprint density at radius 2 is 0.523 bits per heavy atom. The molecule has 0 nitrogen and oxygen atoms in total. The van der Waals surface area contributed by atoms with Gasteiger partial charge in [-0.3, -0.25) is 0 Å². The molecule has 0 atom stereocenters. The topological polar surface area (TPSA) is 0 Å². The highest BCUT2D eigenvalue weighted by molar-refractivity contribution is 7.84. The molecule has 0 saturated carbocycles. The van der Waals surface area contributed by atoms with Crippen LogP contribution < -0.4 is 21.7 Å². The van der Waals surface area contributed by atoms with Crippen molar-refractivity contribution in [1.29, 1.82) is 0 Å². The van der Waals surface area contributed by atoms with Crippen LogP contribution in [0.3, 0.4) is 0 Å². The molecule has 0 aromatic heterocycles. The molecule has 0 amide bonds. The first kappa shape index (κ1) is 35.6. The summed E-state index contributed by atoms with van der Waals surface area (Å²) in [6, 6.07) is 0. The highest BCUT2D eigenvalue weighted by Crippen LogP contribution is 2.69. The second-order valence-corrected chi connectivity index (χ2v) is 16.1. The zero-order chi connectivity index (χ0) is 34.1. The molecule has 3 rings (SSSR count). The summed E-state index contributed by atoms with van der Waals surface area (Å²) < 4.78 is 225. The van der Waals surface area contributed by atoms with Crippen LogP contribution in [0.25, 0.3) is 0 Å². The summed E-state index contributed by atoms with van der Waals surface area (Å²) in [7, 11) is -3.47. The van der Waals surface area contributed by atoms with E-state index in [0.29, 0.717) is 0 Å². The molecule has 0 bridgehead atoms. The molecule has 0 aliphatic heterocycles. The van der Waals surface area contributed by atoms with Crippen molar-refractivity contribution in [3.05, 3.63) is 81.4 Å². The normalized spacial score (nSPS) is 12.8. The Kier molecular flexibility index (Phi) is 9.54. The van der Waals surface area contributed by atoms with E-state index < -0.39 is 134 Å². The van der Waals surface area contributed by atoms with Gasteiger partial charge in [0.1, 0.15) is 34.9 Å². The molecule has 0 unspecified atom stereocenters. The highest BCUT2D eigenvalue weighted by atomic mass is 31.2. The summed E-state index contributed by atoms with van der Waals surface area (Å²) in [6.07, 6.45) is -6.83. The standard InChI is InChI=1S/C27H21BF15P/c1-7(2)44(8(3)4,9(5)6)27-25(41)17(33)12(18(34)26(27)42)28(43,10-13(29)19(35)23(39)20(36)14(10)30)11-15(31)21(37)24(40)22(38)16(11)32/h7-9H,1-6H3. The van der Waals surface area contributed by atoms with E-state index in [0.717, 1.165) is 0 Å². The SMILES string of the molecule is CC(C)[P+](c1c(F)c(F)c([B-](F)(c2c(F)c(F)c(F)c(F)c2F)c2c(F)c(F)c(F)c(F)c2F)c(F)c1F)(C(C)C)C(C)C. The van der Waals surface area contributed by atoms with Crippen molar-refractivity contribution in [1.82, 2.24) is 0 Å². The Balaban J connectivity index is 2.80. The minimum atomic E-state index is -6.83. The largest absolute Gasteiger partial charge is 0.498 e. The fourth-order valence-corrected chi connectivity index (χ4v) is 12.3. The van der Waals surface area contributed by atoms with Gasteiger partial charge in [0.05, 0.1) is 24.2 Å². The Bertz CT molecular complexity index is 1490. The van der Waals surface area contributed by atoms with Crippen LogP contribution in [0.1, 0.15) is 41.5 Å². The quantitative estimate of drug-likeness (QED) is 0.0806. The van der Waals surface area contributed by atoms with Gasteiger partial charge in [-0.2, -0.15) is 8.78 Å². The maximum absolute atomic E-state index is 17.2. The van der Waals surface area contributed by atoms with Crippen LogP contribution in [0.2, 0.25) is 0 Å². The van der Waals surface area contributed by atoms with Crippen LogP contribution in [-0.4, -0.2) is 23.4 Å². The number of hydrogen-bond donors (Lipinski definition) is 0. The molecule has 0 heterocycles. The lowest BCUT2D eigenvalue weighted by molar-refractivity contribution is 0.380.